The normalized spacial score (nSPS) is 23.6. The van der Waals surface area contributed by atoms with Crippen LogP contribution in [0.25, 0.3) is 0 Å². The standard InChI is InChI=1S/C14H28N2O2/c1-14(2,3)12(15)9-13(18)16-8-6-4-5-7-11(16)10-17/h11-12,17H,4-10,15H2,1-3H3. The first kappa shape index (κ1) is 15.4. The second-order valence-electron chi connectivity index (χ2n) is 6.45. The summed E-state index contributed by atoms with van der Waals surface area (Å²) < 4.78 is 0. The quantitative estimate of drug-likeness (QED) is 0.804. The van der Waals surface area contributed by atoms with Gasteiger partial charge in [0.2, 0.25) is 5.91 Å². The number of rotatable bonds is 3. The van der Waals surface area contributed by atoms with Crippen LogP contribution in [0.4, 0.5) is 0 Å². The monoisotopic (exact) mass is 256 g/mol. The summed E-state index contributed by atoms with van der Waals surface area (Å²) in [5.74, 6) is 0.0957. The maximum atomic E-state index is 12.3. The molecule has 1 rings (SSSR count). The smallest absolute Gasteiger partial charge is 0.224 e. The van der Waals surface area contributed by atoms with Crippen molar-refractivity contribution in [2.24, 2.45) is 11.1 Å². The van der Waals surface area contributed by atoms with Crippen molar-refractivity contribution < 1.29 is 9.90 Å². The van der Waals surface area contributed by atoms with Crippen LogP contribution in [-0.4, -0.2) is 41.1 Å². The number of likely N-dealkylation sites (tertiary alicyclic amines) is 1. The lowest BCUT2D eigenvalue weighted by Crippen LogP contribution is -2.46. The molecule has 1 amide bonds. The number of nitrogens with zero attached hydrogens (tertiary/aromatic N) is 1. The number of carbonyl (C=O) groups is 1. The van der Waals surface area contributed by atoms with Gasteiger partial charge in [-0.05, 0) is 18.3 Å². The van der Waals surface area contributed by atoms with Gasteiger partial charge in [0.1, 0.15) is 0 Å². The molecule has 4 nitrogen and oxygen atoms in total. The van der Waals surface area contributed by atoms with Gasteiger partial charge in [0.05, 0.1) is 12.6 Å². The first-order valence-corrected chi connectivity index (χ1v) is 7.02. The van der Waals surface area contributed by atoms with E-state index < -0.39 is 0 Å². The molecule has 0 aromatic rings. The molecule has 0 saturated carbocycles. The van der Waals surface area contributed by atoms with Gasteiger partial charge in [-0.15, -0.1) is 0 Å². The minimum Gasteiger partial charge on any atom is -0.394 e. The fourth-order valence-corrected chi connectivity index (χ4v) is 2.31. The number of nitrogens with two attached hydrogens (primary N) is 1. The van der Waals surface area contributed by atoms with Crippen molar-refractivity contribution in [1.82, 2.24) is 4.90 Å². The van der Waals surface area contributed by atoms with E-state index in [1.165, 1.54) is 0 Å². The van der Waals surface area contributed by atoms with E-state index in [1.807, 2.05) is 4.90 Å². The fourth-order valence-electron chi connectivity index (χ4n) is 2.31. The lowest BCUT2D eigenvalue weighted by Gasteiger charge is -2.32. The van der Waals surface area contributed by atoms with E-state index in [0.29, 0.717) is 6.42 Å². The summed E-state index contributed by atoms with van der Waals surface area (Å²) in [6.07, 6.45) is 4.56. The van der Waals surface area contributed by atoms with Crippen LogP contribution in [0.1, 0.15) is 52.9 Å². The van der Waals surface area contributed by atoms with Gasteiger partial charge in [0.25, 0.3) is 0 Å². The van der Waals surface area contributed by atoms with Crippen molar-refractivity contribution in [3.05, 3.63) is 0 Å². The van der Waals surface area contributed by atoms with Crippen LogP contribution in [-0.2, 0) is 4.79 Å². The van der Waals surface area contributed by atoms with Crippen molar-refractivity contribution in [3.8, 4) is 0 Å². The Bertz CT molecular complexity index is 273. The summed E-state index contributed by atoms with van der Waals surface area (Å²) in [5, 5.41) is 9.40. The molecule has 0 aliphatic carbocycles. The summed E-state index contributed by atoms with van der Waals surface area (Å²) in [6.45, 7) is 6.99. The Hall–Kier alpha value is -0.610. The maximum Gasteiger partial charge on any atom is 0.224 e. The Labute approximate surface area is 111 Å². The van der Waals surface area contributed by atoms with Gasteiger partial charge < -0.3 is 15.7 Å². The van der Waals surface area contributed by atoms with E-state index in [4.69, 9.17) is 5.73 Å². The average molecular weight is 256 g/mol. The summed E-state index contributed by atoms with van der Waals surface area (Å²) >= 11 is 0. The molecule has 1 heterocycles. The molecule has 0 bridgehead atoms. The second kappa shape index (κ2) is 6.53. The van der Waals surface area contributed by atoms with Gasteiger partial charge in [-0.3, -0.25) is 4.79 Å². The molecule has 0 radical (unpaired) electrons. The number of hydrogen-bond acceptors (Lipinski definition) is 3. The number of hydrogen-bond donors (Lipinski definition) is 2. The molecule has 0 spiro atoms. The van der Waals surface area contributed by atoms with Gasteiger partial charge in [-0.2, -0.15) is 0 Å². The van der Waals surface area contributed by atoms with Crippen molar-refractivity contribution in [3.63, 3.8) is 0 Å². The lowest BCUT2D eigenvalue weighted by atomic mass is 9.85. The predicted octanol–water partition coefficient (Wildman–Crippen LogP) is 1.51. The Kier molecular flexibility index (Phi) is 5.60. The molecule has 1 aliphatic rings. The minimum atomic E-state index is -0.132. The van der Waals surface area contributed by atoms with Gasteiger partial charge in [-0.25, -0.2) is 0 Å². The summed E-state index contributed by atoms with van der Waals surface area (Å²) in [5.41, 5.74) is 6.01. The first-order valence-electron chi connectivity index (χ1n) is 7.02. The third-order valence-corrected chi connectivity index (χ3v) is 3.92. The van der Waals surface area contributed by atoms with Gasteiger partial charge >= 0.3 is 0 Å². The Balaban J connectivity index is 2.62. The topological polar surface area (TPSA) is 66.6 Å². The summed E-state index contributed by atoms with van der Waals surface area (Å²) in [6, 6.07) is -0.139. The molecule has 2 unspecified atom stereocenters. The average Bonchev–Trinajstić information content (AvgIpc) is 2.52. The summed E-state index contributed by atoms with van der Waals surface area (Å²) in [7, 11) is 0. The molecule has 1 aliphatic heterocycles. The highest BCUT2D eigenvalue weighted by molar-refractivity contribution is 5.77. The molecule has 18 heavy (non-hydrogen) atoms. The highest BCUT2D eigenvalue weighted by Gasteiger charge is 2.29. The number of aliphatic hydroxyl groups is 1. The maximum absolute atomic E-state index is 12.3. The molecule has 0 aromatic carbocycles. The molecule has 4 heteroatoms. The number of amides is 1. The molecular formula is C14H28N2O2. The molecule has 1 saturated heterocycles. The van der Waals surface area contributed by atoms with Crippen molar-refractivity contribution in [2.75, 3.05) is 13.2 Å². The molecular weight excluding hydrogens is 228 g/mol. The zero-order valence-corrected chi connectivity index (χ0v) is 12.0. The van der Waals surface area contributed by atoms with Crippen LogP contribution in [0.5, 0.6) is 0 Å². The molecule has 1 fully saturated rings. The van der Waals surface area contributed by atoms with E-state index in [9.17, 15) is 9.90 Å². The zero-order valence-electron chi connectivity index (χ0n) is 12.0. The van der Waals surface area contributed by atoms with Gasteiger partial charge in [0, 0.05) is 19.0 Å². The third-order valence-electron chi connectivity index (χ3n) is 3.92. The molecule has 3 N–H and O–H groups in total. The van der Waals surface area contributed by atoms with E-state index >= 15 is 0 Å². The fraction of sp³-hybridized carbons (Fsp3) is 0.929. The summed E-state index contributed by atoms with van der Waals surface area (Å²) in [4.78, 5) is 14.2. The van der Waals surface area contributed by atoms with Crippen LogP contribution in [0.2, 0.25) is 0 Å². The van der Waals surface area contributed by atoms with Gasteiger partial charge in [-0.1, -0.05) is 33.6 Å². The highest BCUT2D eigenvalue weighted by atomic mass is 16.3. The highest BCUT2D eigenvalue weighted by Crippen LogP contribution is 2.23. The molecule has 106 valence electrons. The van der Waals surface area contributed by atoms with E-state index in [2.05, 4.69) is 20.8 Å². The van der Waals surface area contributed by atoms with Crippen LogP contribution in [0.3, 0.4) is 0 Å². The Morgan fingerprint density at radius 2 is 2.06 bits per heavy atom. The first-order chi connectivity index (χ1) is 8.36. The van der Waals surface area contributed by atoms with Crippen LogP contribution < -0.4 is 5.73 Å². The van der Waals surface area contributed by atoms with E-state index in [-0.39, 0.29) is 30.0 Å². The second-order valence-corrected chi connectivity index (χ2v) is 6.45. The predicted molar refractivity (Wildman–Crippen MR) is 73.1 cm³/mol. The largest absolute Gasteiger partial charge is 0.394 e. The Morgan fingerprint density at radius 3 is 2.61 bits per heavy atom. The SMILES string of the molecule is CC(C)(C)C(N)CC(=O)N1CCCCCC1CO. The third kappa shape index (κ3) is 4.25. The van der Waals surface area contributed by atoms with Crippen molar-refractivity contribution in [1.29, 1.82) is 0 Å². The van der Waals surface area contributed by atoms with Crippen molar-refractivity contribution in [2.45, 2.75) is 65.0 Å². The zero-order chi connectivity index (χ0) is 13.8. The number of carbonyl (C=O) groups excluding carboxylic acids is 1. The van der Waals surface area contributed by atoms with Gasteiger partial charge in [0.15, 0.2) is 0 Å². The van der Waals surface area contributed by atoms with Crippen LogP contribution >= 0.6 is 0 Å². The molecule has 0 aromatic heterocycles. The minimum absolute atomic E-state index is 0.00725. The van der Waals surface area contributed by atoms with E-state index in [0.717, 1.165) is 32.2 Å². The Morgan fingerprint density at radius 1 is 1.39 bits per heavy atom. The lowest BCUT2D eigenvalue weighted by molar-refractivity contribution is -0.135. The van der Waals surface area contributed by atoms with Crippen molar-refractivity contribution >= 4 is 5.91 Å². The van der Waals surface area contributed by atoms with Crippen LogP contribution in [0, 0.1) is 5.41 Å². The number of aliphatic hydroxyl groups excluding tert-OH is 1. The van der Waals surface area contributed by atoms with E-state index in [1.54, 1.807) is 0 Å². The molecule has 2 atom stereocenters. The van der Waals surface area contributed by atoms with Crippen LogP contribution in [0.15, 0.2) is 0 Å².